The molecular formula is C8H13N5O3S. The summed E-state index contributed by atoms with van der Waals surface area (Å²) in [4.78, 5) is 18.2. The summed E-state index contributed by atoms with van der Waals surface area (Å²) in [6, 6.07) is 0. The molecule has 8 nitrogen and oxygen atoms in total. The Morgan fingerprint density at radius 3 is 2.82 bits per heavy atom. The summed E-state index contributed by atoms with van der Waals surface area (Å²) < 4.78 is 4.88. The molecule has 0 unspecified atom stereocenters. The Morgan fingerprint density at radius 2 is 2.29 bits per heavy atom. The smallest absolute Gasteiger partial charge is 0.322 e. The molecule has 0 amide bonds. The topological polar surface area (TPSA) is 116 Å². The lowest BCUT2D eigenvalue weighted by molar-refractivity contribution is -0.389. The minimum atomic E-state index is -0.495. The molecule has 0 saturated carbocycles. The molecule has 1 aromatic heterocycles. The van der Waals surface area contributed by atoms with Gasteiger partial charge in [-0.25, -0.2) is 10.8 Å². The van der Waals surface area contributed by atoms with E-state index < -0.39 is 4.92 Å². The quantitative estimate of drug-likeness (QED) is 0.192. The molecule has 0 aliphatic carbocycles. The number of nitrogen functional groups attached to an aromatic ring is 1. The van der Waals surface area contributed by atoms with Crippen molar-refractivity contribution >= 4 is 23.4 Å². The molecule has 9 heteroatoms. The molecule has 0 bridgehead atoms. The second-order valence-electron chi connectivity index (χ2n) is 3.03. The highest BCUT2D eigenvalue weighted by molar-refractivity contribution is 7.99. The fourth-order valence-corrected chi connectivity index (χ4v) is 2.09. The van der Waals surface area contributed by atoms with Crippen LogP contribution >= 0.6 is 11.8 Å². The van der Waals surface area contributed by atoms with E-state index >= 15 is 0 Å². The van der Waals surface area contributed by atoms with E-state index in [0.29, 0.717) is 12.4 Å². The van der Waals surface area contributed by atoms with Crippen molar-refractivity contribution in [1.82, 2.24) is 9.97 Å². The molecule has 0 aliphatic rings. The van der Waals surface area contributed by atoms with E-state index in [1.54, 1.807) is 14.0 Å². The van der Waals surface area contributed by atoms with Crippen molar-refractivity contribution in [3.63, 3.8) is 0 Å². The van der Waals surface area contributed by atoms with Gasteiger partial charge >= 0.3 is 5.69 Å². The van der Waals surface area contributed by atoms with Gasteiger partial charge < -0.3 is 4.74 Å². The van der Waals surface area contributed by atoms with Crippen molar-refractivity contribution in [3.05, 3.63) is 15.8 Å². The van der Waals surface area contributed by atoms with Crippen LogP contribution in [0.2, 0.25) is 0 Å². The van der Waals surface area contributed by atoms with Crippen molar-refractivity contribution in [1.29, 1.82) is 0 Å². The summed E-state index contributed by atoms with van der Waals surface area (Å²) >= 11 is 1.23. The van der Waals surface area contributed by atoms with Crippen LogP contribution in [0.4, 0.5) is 11.6 Å². The molecule has 0 fully saturated rings. The molecule has 1 aromatic rings. The lowest BCUT2D eigenvalue weighted by Gasteiger charge is -2.06. The Morgan fingerprint density at radius 1 is 1.59 bits per heavy atom. The number of nitrogens with two attached hydrogens (primary N) is 1. The molecule has 0 saturated heterocycles. The standard InChI is InChI=1S/C8H13N5O3S/c1-5-6(13(14)15)7(17-4-3-16-2)11-8(10-5)12-9/h3-4,9H2,1-2H3,(H,10,11,12). The molecule has 0 spiro atoms. The molecule has 0 aromatic carbocycles. The normalized spacial score (nSPS) is 10.3. The van der Waals surface area contributed by atoms with E-state index in [1.807, 2.05) is 0 Å². The minimum Gasteiger partial charge on any atom is -0.384 e. The molecule has 0 aliphatic heterocycles. The number of rotatable bonds is 6. The first-order chi connectivity index (χ1) is 8.10. The molecule has 94 valence electrons. The zero-order chi connectivity index (χ0) is 12.8. The SMILES string of the molecule is COCCSc1nc(NN)nc(C)c1[N+](=O)[O-]. The van der Waals surface area contributed by atoms with Crippen LogP contribution in [0, 0.1) is 17.0 Å². The molecule has 17 heavy (non-hydrogen) atoms. The van der Waals surface area contributed by atoms with Crippen molar-refractivity contribution in [2.45, 2.75) is 11.9 Å². The maximum absolute atomic E-state index is 10.9. The van der Waals surface area contributed by atoms with Gasteiger partial charge in [0.25, 0.3) is 0 Å². The number of hydrogen-bond acceptors (Lipinski definition) is 8. The number of thioether (sulfide) groups is 1. The zero-order valence-corrected chi connectivity index (χ0v) is 10.3. The Hall–Kier alpha value is -1.45. The number of aryl methyl sites for hydroxylation is 1. The van der Waals surface area contributed by atoms with Gasteiger partial charge in [-0.2, -0.15) is 4.98 Å². The maximum Gasteiger partial charge on any atom is 0.322 e. The van der Waals surface area contributed by atoms with Crippen LogP contribution in [0.15, 0.2) is 5.03 Å². The summed E-state index contributed by atoms with van der Waals surface area (Å²) in [6.45, 7) is 2.03. The van der Waals surface area contributed by atoms with Crippen molar-refractivity contribution < 1.29 is 9.66 Å². The van der Waals surface area contributed by atoms with Crippen LogP contribution in [0.3, 0.4) is 0 Å². The lowest BCUT2D eigenvalue weighted by atomic mass is 10.4. The predicted octanol–water partition coefficient (Wildman–Crippen LogP) is 0.717. The third-order valence-corrected chi connectivity index (χ3v) is 2.79. The van der Waals surface area contributed by atoms with E-state index in [9.17, 15) is 10.1 Å². The minimum absolute atomic E-state index is 0.0925. The summed E-state index contributed by atoms with van der Waals surface area (Å²) in [5.74, 6) is 5.92. The van der Waals surface area contributed by atoms with Crippen LogP contribution in [-0.2, 0) is 4.74 Å². The fraction of sp³-hybridized carbons (Fsp3) is 0.500. The number of ether oxygens (including phenoxy) is 1. The van der Waals surface area contributed by atoms with Crippen molar-refractivity contribution in [2.75, 3.05) is 24.9 Å². The fourth-order valence-electron chi connectivity index (χ4n) is 1.14. The van der Waals surface area contributed by atoms with Crippen molar-refractivity contribution in [2.24, 2.45) is 5.84 Å². The largest absolute Gasteiger partial charge is 0.384 e. The molecule has 0 radical (unpaired) electrons. The van der Waals surface area contributed by atoms with Crippen LogP contribution in [0.1, 0.15) is 5.69 Å². The van der Waals surface area contributed by atoms with Gasteiger partial charge in [-0.1, -0.05) is 11.8 Å². The van der Waals surface area contributed by atoms with Crippen LogP contribution in [0.25, 0.3) is 0 Å². The first kappa shape index (κ1) is 13.6. The highest BCUT2D eigenvalue weighted by Crippen LogP contribution is 2.30. The van der Waals surface area contributed by atoms with Crippen LogP contribution in [0.5, 0.6) is 0 Å². The van der Waals surface area contributed by atoms with E-state index in [4.69, 9.17) is 10.6 Å². The van der Waals surface area contributed by atoms with Gasteiger partial charge in [0.2, 0.25) is 5.95 Å². The van der Waals surface area contributed by atoms with Gasteiger partial charge in [0.1, 0.15) is 5.69 Å². The number of anilines is 1. The number of hydrogen-bond donors (Lipinski definition) is 2. The second-order valence-corrected chi connectivity index (χ2v) is 4.11. The molecule has 1 rings (SSSR count). The lowest BCUT2D eigenvalue weighted by Crippen LogP contribution is -2.13. The Kier molecular flexibility index (Phi) is 5.07. The van der Waals surface area contributed by atoms with Gasteiger partial charge in [0, 0.05) is 12.9 Å². The Bertz CT molecular complexity index is 414. The second kappa shape index (κ2) is 6.33. The third-order valence-electron chi connectivity index (χ3n) is 1.86. The first-order valence-electron chi connectivity index (χ1n) is 4.71. The van der Waals surface area contributed by atoms with Crippen molar-refractivity contribution in [3.8, 4) is 0 Å². The van der Waals surface area contributed by atoms with E-state index in [-0.39, 0.29) is 22.4 Å². The summed E-state index contributed by atoms with van der Waals surface area (Å²) in [6.07, 6.45) is 0. The Balaban J connectivity index is 3.04. The van der Waals surface area contributed by atoms with Crippen LogP contribution in [-0.4, -0.2) is 34.4 Å². The summed E-state index contributed by atoms with van der Waals surface area (Å²) in [5, 5.41) is 11.2. The molecule has 1 heterocycles. The number of hydrazine groups is 1. The number of nitrogens with zero attached hydrogens (tertiary/aromatic N) is 3. The summed E-state index contributed by atoms with van der Waals surface area (Å²) in [7, 11) is 1.56. The number of methoxy groups -OCH3 is 1. The first-order valence-corrected chi connectivity index (χ1v) is 5.70. The highest BCUT2D eigenvalue weighted by Gasteiger charge is 2.21. The predicted molar refractivity (Wildman–Crippen MR) is 63.8 cm³/mol. The molecule has 3 N–H and O–H groups in total. The third kappa shape index (κ3) is 3.51. The number of aromatic nitrogens is 2. The number of nitro groups is 1. The molecular weight excluding hydrogens is 246 g/mol. The van der Waals surface area contributed by atoms with Gasteiger partial charge in [-0.05, 0) is 6.92 Å². The zero-order valence-electron chi connectivity index (χ0n) is 9.47. The average molecular weight is 259 g/mol. The van der Waals surface area contributed by atoms with Crippen LogP contribution < -0.4 is 11.3 Å². The van der Waals surface area contributed by atoms with E-state index in [2.05, 4.69) is 15.4 Å². The Labute approximate surface area is 102 Å². The maximum atomic E-state index is 10.9. The average Bonchev–Trinajstić information content (AvgIpc) is 2.28. The van der Waals surface area contributed by atoms with E-state index in [0.717, 1.165) is 0 Å². The molecule has 0 atom stereocenters. The van der Waals surface area contributed by atoms with Gasteiger partial charge in [-0.3, -0.25) is 15.5 Å². The monoisotopic (exact) mass is 259 g/mol. The highest BCUT2D eigenvalue weighted by atomic mass is 32.2. The summed E-state index contributed by atoms with van der Waals surface area (Å²) in [5.41, 5.74) is 2.46. The number of nitrogens with one attached hydrogen (secondary N) is 1. The van der Waals surface area contributed by atoms with Gasteiger partial charge in [0.15, 0.2) is 5.03 Å². The van der Waals surface area contributed by atoms with Gasteiger partial charge in [0.05, 0.1) is 11.5 Å². The van der Waals surface area contributed by atoms with Gasteiger partial charge in [-0.15, -0.1) is 0 Å². The van der Waals surface area contributed by atoms with E-state index in [1.165, 1.54) is 11.8 Å².